The average molecular weight is 350 g/mol. The molecular weight excluding hydrogens is 332 g/mol. The fourth-order valence-corrected chi connectivity index (χ4v) is 2.95. The number of nitrogens with one attached hydrogen (secondary N) is 1. The maximum Gasteiger partial charge on any atom is 0.318 e. The Labute approximate surface area is 142 Å². The smallest absolute Gasteiger partial charge is 0.318 e. The van der Waals surface area contributed by atoms with Crippen LogP contribution in [0.3, 0.4) is 0 Å². The number of methoxy groups -OCH3 is 1. The summed E-state index contributed by atoms with van der Waals surface area (Å²) < 4.78 is 6.53. The Morgan fingerprint density at radius 1 is 1.38 bits per heavy atom. The molecule has 0 aliphatic heterocycles. The van der Waals surface area contributed by atoms with Crippen LogP contribution >= 0.6 is 11.8 Å². The quantitative estimate of drug-likeness (QED) is 0.432. The van der Waals surface area contributed by atoms with Crippen molar-refractivity contribution in [2.45, 2.75) is 18.1 Å². The molecule has 2 aromatic rings. The molecule has 0 saturated heterocycles. The summed E-state index contributed by atoms with van der Waals surface area (Å²) >= 11 is 1.08. The van der Waals surface area contributed by atoms with Crippen LogP contribution in [-0.4, -0.2) is 41.0 Å². The summed E-state index contributed by atoms with van der Waals surface area (Å²) in [4.78, 5) is 39.4. The van der Waals surface area contributed by atoms with Gasteiger partial charge >= 0.3 is 6.03 Å². The molecule has 0 unspecified atom stereocenters. The van der Waals surface area contributed by atoms with E-state index in [1.807, 2.05) is 5.32 Å². The van der Waals surface area contributed by atoms with E-state index in [9.17, 15) is 14.4 Å². The predicted molar refractivity (Wildman–Crippen MR) is 90.9 cm³/mol. The number of thioether (sulfide) groups is 1. The van der Waals surface area contributed by atoms with Crippen LogP contribution in [0, 0.1) is 0 Å². The first kappa shape index (κ1) is 18.0. The van der Waals surface area contributed by atoms with Crippen molar-refractivity contribution in [1.82, 2.24) is 14.9 Å². The van der Waals surface area contributed by atoms with Crippen LogP contribution in [0.25, 0.3) is 10.9 Å². The number of ether oxygens (including phenoxy) is 1. The summed E-state index contributed by atoms with van der Waals surface area (Å²) in [7, 11) is 1.59. The van der Waals surface area contributed by atoms with Crippen LogP contribution < -0.4 is 16.6 Å². The number of nitrogens with two attached hydrogens (primary N) is 1. The van der Waals surface area contributed by atoms with Crippen molar-refractivity contribution < 1.29 is 14.3 Å². The minimum absolute atomic E-state index is 0.0714. The van der Waals surface area contributed by atoms with Gasteiger partial charge in [0.15, 0.2) is 5.16 Å². The molecule has 0 fully saturated rings. The molecule has 1 aromatic carbocycles. The summed E-state index contributed by atoms with van der Waals surface area (Å²) in [5.74, 6) is -0.615. The maximum atomic E-state index is 12.7. The molecule has 0 saturated carbocycles. The maximum absolute atomic E-state index is 12.7. The number of imide groups is 1. The molecular formula is C15H18N4O4S. The predicted octanol–water partition coefficient (Wildman–Crippen LogP) is 0.720. The Balaban J connectivity index is 2.31. The first-order valence-electron chi connectivity index (χ1n) is 7.23. The number of urea groups is 1. The molecule has 3 N–H and O–H groups in total. The largest absolute Gasteiger partial charge is 0.385 e. The Morgan fingerprint density at radius 3 is 2.83 bits per heavy atom. The Morgan fingerprint density at radius 2 is 2.12 bits per heavy atom. The van der Waals surface area contributed by atoms with Crippen LogP contribution in [0.2, 0.25) is 0 Å². The van der Waals surface area contributed by atoms with Gasteiger partial charge in [0, 0.05) is 20.3 Å². The number of benzene rings is 1. The van der Waals surface area contributed by atoms with E-state index in [-0.39, 0.29) is 11.3 Å². The lowest BCUT2D eigenvalue weighted by molar-refractivity contribution is -0.117. The van der Waals surface area contributed by atoms with E-state index < -0.39 is 11.9 Å². The van der Waals surface area contributed by atoms with E-state index in [4.69, 9.17) is 10.5 Å². The van der Waals surface area contributed by atoms with Crippen LogP contribution in [0.5, 0.6) is 0 Å². The van der Waals surface area contributed by atoms with Gasteiger partial charge in [-0.05, 0) is 18.6 Å². The number of aromatic nitrogens is 2. The minimum Gasteiger partial charge on any atom is -0.385 e. The number of amides is 3. The van der Waals surface area contributed by atoms with Crippen LogP contribution in [-0.2, 0) is 16.1 Å². The highest BCUT2D eigenvalue weighted by Gasteiger charge is 2.13. The third kappa shape index (κ3) is 4.56. The van der Waals surface area contributed by atoms with Crippen molar-refractivity contribution in [3.63, 3.8) is 0 Å². The van der Waals surface area contributed by atoms with Gasteiger partial charge < -0.3 is 10.5 Å². The van der Waals surface area contributed by atoms with E-state index in [2.05, 4.69) is 4.98 Å². The van der Waals surface area contributed by atoms with E-state index in [1.54, 1.807) is 31.4 Å². The fraction of sp³-hybridized carbons (Fsp3) is 0.333. The van der Waals surface area contributed by atoms with E-state index in [0.717, 1.165) is 11.8 Å². The fourth-order valence-electron chi connectivity index (χ4n) is 2.13. The summed E-state index contributed by atoms with van der Waals surface area (Å²) in [6.07, 6.45) is 0.636. The first-order valence-corrected chi connectivity index (χ1v) is 8.22. The van der Waals surface area contributed by atoms with E-state index in [1.165, 1.54) is 4.57 Å². The van der Waals surface area contributed by atoms with Crippen molar-refractivity contribution in [2.24, 2.45) is 5.73 Å². The third-order valence-corrected chi connectivity index (χ3v) is 4.13. The lowest BCUT2D eigenvalue weighted by Gasteiger charge is -2.12. The van der Waals surface area contributed by atoms with Gasteiger partial charge in [0.2, 0.25) is 5.91 Å². The number of fused-ring (bicyclic) bond motifs is 1. The highest BCUT2D eigenvalue weighted by molar-refractivity contribution is 7.99. The Kier molecular flexibility index (Phi) is 6.33. The summed E-state index contributed by atoms with van der Waals surface area (Å²) in [6.45, 7) is 0.926. The molecule has 3 amide bonds. The molecule has 0 bridgehead atoms. The molecule has 1 aromatic heterocycles. The first-order chi connectivity index (χ1) is 11.5. The van der Waals surface area contributed by atoms with Gasteiger partial charge in [-0.2, -0.15) is 0 Å². The van der Waals surface area contributed by atoms with E-state index >= 15 is 0 Å². The van der Waals surface area contributed by atoms with Gasteiger partial charge in [0.05, 0.1) is 16.7 Å². The molecule has 0 aliphatic carbocycles. The lowest BCUT2D eigenvalue weighted by atomic mass is 10.2. The molecule has 2 rings (SSSR count). The average Bonchev–Trinajstić information content (AvgIpc) is 2.55. The number of hydrogen-bond acceptors (Lipinski definition) is 6. The van der Waals surface area contributed by atoms with Crippen molar-refractivity contribution in [3.05, 3.63) is 34.6 Å². The molecule has 1 heterocycles. The second-order valence-electron chi connectivity index (χ2n) is 4.92. The van der Waals surface area contributed by atoms with E-state index in [0.29, 0.717) is 35.6 Å². The number of hydrogen-bond donors (Lipinski definition) is 2. The van der Waals surface area contributed by atoms with Crippen LogP contribution in [0.4, 0.5) is 4.79 Å². The van der Waals surface area contributed by atoms with Crippen molar-refractivity contribution in [1.29, 1.82) is 0 Å². The normalized spacial score (nSPS) is 10.7. The number of rotatable bonds is 7. The van der Waals surface area contributed by atoms with Crippen molar-refractivity contribution in [2.75, 3.05) is 19.5 Å². The number of nitrogens with zero attached hydrogens (tertiary/aromatic N) is 2. The highest BCUT2D eigenvalue weighted by Crippen LogP contribution is 2.18. The van der Waals surface area contributed by atoms with Gasteiger partial charge in [-0.3, -0.25) is 19.5 Å². The number of carbonyl (C=O) groups is 2. The Hall–Kier alpha value is -2.39. The summed E-state index contributed by atoms with van der Waals surface area (Å²) in [5, 5.41) is 2.91. The van der Waals surface area contributed by atoms with Gasteiger partial charge in [0.25, 0.3) is 5.56 Å². The SMILES string of the molecule is COCCCn1c(SCC(=O)NC(N)=O)nc2ccccc2c1=O. The van der Waals surface area contributed by atoms with Crippen molar-refractivity contribution in [3.8, 4) is 0 Å². The number of primary amides is 1. The highest BCUT2D eigenvalue weighted by atomic mass is 32.2. The minimum atomic E-state index is -0.912. The van der Waals surface area contributed by atoms with Gasteiger partial charge in [-0.15, -0.1) is 0 Å². The molecule has 0 atom stereocenters. The molecule has 0 radical (unpaired) electrons. The number of para-hydroxylation sites is 1. The zero-order valence-corrected chi connectivity index (χ0v) is 14.0. The molecule has 0 aliphatic rings. The number of carbonyl (C=O) groups excluding carboxylic acids is 2. The summed E-state index contributed by atoms with van der Waals surface area (Å²) in [5.41, 5.74) is 5.29. The molecule has 128 valence electrons. The lowest BCUT2D eigenvalue weighted by Crippen LogP contribution is -2.36. The molecule has 24 heavy (non-hydrogen) atoms. The standard InChI is InChI=1S/C15H18N4O4S/c1-23-8-4-7-19-13(21)10-5-2-3-6-11(10)17-15(19)24-9-12(20)18-14(16)22/h2-3,5-6H,4,7-9H2,1H3,(H3,16,18,20,22). The van der Waals surface area contributed by atoms with Gasteiger partial charge in [-0.1, -0.05) is 23.9 Å². The zero-order valence-electron chi connectivity index (χ0n) is 13.2. The molecule has 8 nitrogen and oxygen atoms in total. The summed E-state index contributed by atoms with van der Waals surface area (Å²) in [6, 6.07) is 6.11. The second-order valence-corrected chi connectivity index (χ2v) is 5.86. The van der Waals surface area contributed by atoms with Crippen LogP contribution in [0.1, 0.15) is 6.42 Å². The van der Waals surface area contributed by atoms with Gasteiger partial charge in [-0.25, -0.2) is 9.78 Å². The van der Waals surface area contributed by atoms with Crippen LogP contribution in [0.15, 0.2) is 34.2 Å². The molecule has 9 heteroatoms. The Bertz CT molecular complexity index is 806. The second kappa shape index (κ2) is 8.46. The zero-order chi connectivity index (χ0) is 17.5. The topological polar surface area (TPSA) is 116 Å². The monoisotopic (exact) mass is 350 g/mol. The van der Waals surface area contributed by atoms with Crippen molar-refractivity contribution >= 4 is 34.6 Å². The van der Waals surface area contributed by atoms with Gasteiger partial charge in [0.1, 0.15) is 0 Å². The molecule has 0 spiro atoms. The third-order valence-electron chi connectivity index (χ3n) is 3.15.